The molecule has 0 bridgehead atoms. The van der Waals surface area contributed by atoms with Gasteiger partial charge >= 0.3 is 5.63 Å². The number of piperidine rings is 2. The summed E-state index contributed by atoms with van der Waals surface area (Å²) in [5, 5.41) is 0.867. The first kappa shape index (κ1) is 26.5. The molecule has 2 aliphatic heterocycles. The lowest BCUT2D eigenvalue weighted by Crippen LogP contribution is -2.33. The van der Waals surface area contributed by atoms with E-state index in [1.165, 1.54) is 38.5 Å². The van der Waals surface area contributed by atoms with Crippen molar-refractivity contribution >= 4 is 27.7 Å². The van der Waals surface area contributed by atoms with Crippen molar-refractivity contribution in [1.29, 1.82) is 0 Å². The molecule has 4 heterocycles. The van der Waals surface area contributed by atoms with E-state index in [1.54, 1.807) is 6.07 Å². The fourth-order valence-electron chi connectivity index (χ4n) is 5.70. The van der Waals surface area contributed by atoms with Crippen molar-refractivity contribution in [2.45, 2.75) is 38.5 Å². The molecule has 0 aliphatic carbocycles. The summed E-state index contributed by atoms with van der Waals surface area (Å²) in [6.45, 7) is 7.53. The van der Waals surface area contributed by atoms with Crippen LogP contribution >= 0.6 is 0 Å². The monoisotopic (exact) mass is 543 g/mol. The minimum absolute atomic E-state index is 0.0916. The van der Waals surface area contributed by atoms with Crippen LogP contribution in [0.1, 0.15) is 38.5 Å². The summed E-state index contributed by atoms with van der Waals surface area (Å²) >= 11 is 0. The number of fused-ring (bicyclic) bond motifs is 3. The van der Waals surface area contributed by atoms with Crippen LogP contribution in [0.2, 0.25) is 0 Å². The highest BCUT2D eigenvalue weighted by molar-refractivity contribution is 6.05. The number of nitrogens with zero attached hydrogens (tertiary/aromatic N) is 4. The summed E-state index contributed by atoms with van der Waals surface area (Å²) in [6.07, 6.45) is 7.64. The largest absolute Gasteiger partial charge is 0.492 e. The summed E-state index contributed by atoms with van der Waals surface area (Å²) in [4.78, 5) is 27.0. The third kappa shape index (κ3) is 6.05. The van der Waals surface area contributed by atoms with Gasteiger partial charge in [0.2, 0.25) is 0 Å². The summed E-state index contributed by atoms with van der Waals surface area (Å²) in [7, 11) is 0. The Bertz CT molecular complexity index is 1530. The second-order valence-corrected chi connectivity index (χ2v) is 10.7. The molecule has 4 aromatic rings. The molecule has 0 unspecified atom stereocenters. The molecule has 2 saturated heterocycles. The normalized spacial score (nSPS) is 16.9. The van der Waals surface area contributed by atoms with Gasteiger partial charge in [-0.05, 0) is 76.1 Å². The number of hydrogen-bond donors (Lipinski definition) is 1. The summed E-state index contributed by atoms with van der Waals surface area (Å²) in [6, 6.07) is 13.2. The molecule has 2 aliphatic rings. The number of nitrogen functional groups attached to an aromatic ring is 1. The number of nitrogens with two attached hydrogens (primary N) is 1. The predicted octanol–water partition coefficient (Wildman–Crippen LogP) is 4.71. The van der Waals surface area contributed by atoms with Crippen molar-refractivity contribution in [3.05, 3.63) is 52.9 Å². The molecule has 9 heteroatoms. The maximum absolute atomic E-state index is 12.9. The van der Waals surface area contributed by atoms with E-state index < -0.39 is 5.63 Å². The molecule has 40 heavy (non-hydrogen) atoms. The zero-order valence-corrected chi connectivity index (χ0v) is 22.9. The second kappa shape index (κ2) is 12.2. The Morgan fingerprint density at radius 2 is 1.45 bits per heavy atom. The van der Waals surface area contributed by atoms with Gasteiger partial charge in [-0.3, -0.25) is 9.80 Å². The number of aromatic nitrogens is 2. The molecule has 2 fully saturated rings. The lowest BCUT2D eigenvalue weighted by Gasteiger charge is -2.26. The van der Waals surface area contributed by atoms with E-state index in [4.69, 9.17) is 24.6 Å². The Morgan fingerprint density at radius 1 is 0.800 bits per heavy atom. The number of rotatable bonds is 9. The highest BCUT2D eigenvalue weighted by Crippen LogP contribution is 2.30. The maximum Gasteiger partial charge on any atom is 0.349 e. The average molecular weight is 544 g/mol. The Morgan fingerprint density at radius 3 is 2.12 bits per heavy atom. The standard InChI is InChI=1S/C31H37N5O4/c32-29-27-28(25-11-10-24(21-26(25)40-31(27)37)39-19-17-36-14-5-2-6-15-36)33-30(34-29)22-8-7-9-23(20-22)38-18-16-35-12-3-1-4-13-35/h7-11,20-21H,1-6,12-19H2,(H2,32,33,34). The number of hydrogen-bond acceptors (Lipinski definition) is 9. The molecular weight excluding hydrogens is 506 g/mol. The Labute approximate surface area is 233 Å². The summed E-state index contributed by atoms with van der Waals surface area (Å²) in [5.74, 6) is 1.93. The Kier molecular flexibility index (Phi) is 8.11. The fourth-order valence-corrected chi connectivity index (χ4v) is 5.70. The summed E-state index contributed by atoms with van der Waals surface area (Å²) < 4.78 is 17.7. The zero-order chi connectivity index (χ0) is 27.3. The SMILES string of the molecule is Nc1nc(-c2cccc(OCCN3CCCCC3)c2)nc2c1c(=O)oc1cc(OCCN3CCCCC3)ccc12. The molecule has 0 saturated carbocycles. The van der Waals surface area contributed by atoms with Crippen molar-refractivity contribution in [1.82, 2.24) is 19.8 Å². The van der Waals surface area contributed by atoms with Crippen LogP contribution in [0.25, 0.3) is 33.3 Å². The van der Waals surface area contributed by atoms with E-state index in [1.807, 2.05) is 36.4 Å². The van der Waals surface area contributed by atoms with Gasteiger partial charge in [-0.1, -0.05) is 25.0 Å². The molecule has 2 aromatic heterocycles. The van der Waals surface area contributed by atoms with E-state index in [-0.39, 0.29) is 11.2 Å². The van der Waals surface area contributed by atoms with Crippen LogP contribution in [-0.2, 0) is 0 Å². The van der Waals surface area contributed by atoms with Crippen LogP contribution in [0, 0.1) is 0 Å². The van der Waals surface area contributed by atoms with Crippen LogP contribution in [0.15, 0.2) is 51.7 Å². The van der Waals surface area contributed by atoms with Crippen LogP contribution < -0.4 is 20.8 Å². The quantitative estimate of drug-likeness (QED) is 0.237. The molecule has 0 amide bonds. The van der Waals surface area contributed by atoms with Gasteiger partial charge in [0.25, 0.3) is 0 Å². The van der Waals surface area contributed by atoms with Crippen molar-refractivity contribution in [2.24, 2.45) is 0 Å². The van der Waals surface area contributed by atoms with Gasteiger partial charge in [-0.25, -0.2) is 14.8 Å². The third-order valence-electron chi connectivity index (χ3n) is 7.89. The number of anilines is 1. The van der Waals surface area contributed by atoms with E-state index in [2.05, 4.69) is 14.8 Å². The van der Waals surface area contributed by atoms with Crippen molar-refractivity contribution < 1.29 is 13.9 Å². The van der Waals surface area contributed by atoms with E-state index in [9.17, 15) is 4.79 Å². The van der Waals surface area contributed by atoms with Crippen LogP contribution in [0.4, 0.5) is 5.82 Å². The van der Waals surface area contributed by atoms with E-state index >= 15 is 0 Å². The van der Waals surface area contributed by atoms with Gasteiger partial charge < -0.3 is 19.6 Å². The molecule has 9 nitrogen and oxygen atoms in total. The first-order valence-electron chi connectivity index (χ1n) is 14.5. The highest BCUT2D eigenvalue weighted by Gasteiger charge is 2.17. The lowest BCUT2D eigenvalue weighted by atomic mass is 10.1. The topological polar surface area (TPSA) is 107 Å². The van der Waals surface area contributed by atoms with Gasteiger partial charge in [0.1, 0.15) is 41.5 Å². The molecular formula is C31H37N5O4. The molecule has 0 spiro atoms. The summed E-state index contributed by atoms with van der Waals surface area (Å²) in [5.41, 5.74) is 7.35. The van der Waals surface area contributed by atoms with Gasteiger partial charge in [0, 0.05) is 30.1 Å². The Balaban J connectivity index is 1.22. The molecule has 2 aromatic carbocycles. The van der Waals surface area contributed by atoms with E-state index in [0.717, 1.165) is 50.6 Å². The smallest absolute Gasteiger partial charge is 0.349 e. The van der Waals surface area contributed by atoms with Crippen molar-refractivity contribution in [3.63, 3.8) is 0 Å². The van der Waals surface area contributed by atoms with Gasteiger partial charge in [-0.2, -0.15) is 0 Å². The Hall–Kier alpha value is -3.69. The average Bonchev–Trinajstić information content (AvgIpc) is 2.98. The maximum atomic E-state index is 12.9. The first-order chi connectivity index (χ1) is 19.6. The number of ether oxygens (including phenoxy) is 2. The predicted molar refractivity (Wildman–Crippen MR) is 157 cm³/mol. The molecule has 210 valence electrons. The molecule has 2 N–H and O–H groups in total. The number of benzene rings is 2. The molecule has 6 rings (SSSR count). The van der Waals surface area contributed by atoms with Crippen LogP contribution in [-0.4, -0.2) is 72.3 Å². The zero-order valence-electron chi connectivity index (χ0n) is 22.9. The minimum atomic E-state index is -0.563. The van der Waals surface area contributed by atoms with Crippen LogP contribution in [0.3, 0.4) is 0 Å². The highest BCUT2D eigenvalue weighted by atomic mass is 16.5. The minimum Gasteiger partial charge on any atom is -0.492 e. The second-order valence-electron chi connectivity index (χ2n) is 10.7. The first-order valence-corrected chi connectivity index (χ1v) is 14.5. The van der Waals surface area contributed by atoms with Crippen molar-refractivity contribution in [3.8, 4) is 22.9 Å². The molecule has 0 radical (unpaired) electrons. The lowest BCUT2D eigenvalue weighted by molar-refractivity contribution is 0.183. The fraction of sp³-hybridized carbons (Fsp3) is 0.452. The van der Waals surface area contributed by atoms with E-state index in [0.29, 0.717) is 41.3 Å². The van der Waals surface area contributed by atoms with Gasteiger partial charge in [0.05, 0.1) is 5.52 Å². The van der Waals surface area contributed by atoms with Crippen molar-refractivity contribution in [2.75, 3.05) is 58.2 Å². The number of likely N-dealkylation sites (tertiary alicyclic amines) is 2. The molecule has 0 atom stereocenters. The third-order valence-corrected chi connectivity index (χ3v) is 7.89. The van der Waals surface area contributed by atoms with Crippen LogP contribution in [0.5, 0.6) is 11.5 Å². The van der Waals surface area contributed by atoms with Gasteiger partial charge in [-0.15, -0.1) is 0 Å². The van der Waals surface area contributed by atoms with Gasteiger partial charge in [0.15, 0.2) is 5.82 Å².